The van der Waals surface area contributed by atoms with Gasteiger partial charge in [-0.25, -0.2) is 0 Å². The van der Waals surface area contributed by atoms with Crippen LogP contribution >= 0.6 is 15.9 Å². The molecule has 5 nitrogen and oxygen atoms in total. The lowest BCUT2D eigenvalue weighted by Gasteiger charge is -2.04. The number of amidine groups is 1. The molecule has 1 aromatic heterocycles. The summed E-state index contributed by atoms with van der Waals surface area (Å²) >= 11 is 3.27. The van der Waals surface area contributed by atoms with Crippen molar-refractivity contribution in [2.45, 2.75) is 6.42 Å². The van der Waals surface area contributed by atoms with Crippen molar-refractivity contribution in [3.05, 3.63) is 22.9 Å². The zero-order valence-electron chi connectivity index (χ0n) is 7.35. The van der Waals surface area contributed by atoms with Gasteiger partial charge in [0.1, 0.15) is 11.6 Å². The minimum Gasteiger partial charge on any atom is -0.491 e. The van der Waals surface area contributed by atoms with Gasteiger partial charge in [-0.15, -0.1) is 0 Å². The highest BCUT2D eigenvalue weighted by Gasteiger charge is 1.97. The number of nitrogens with two attached hydrogens (primary N) is 1. The first-order valence-electron chi connectivity index (χ1n) is 3.92. The number of rotatable bonds is 4. The van der Waals surface area contributed by atoms with E-state index in [0.717, 1.165) is 4.47 Å². The van der Waals surface area contributed by atoms with E-state index in [-0.39, 0.29) is 5.84 Å². The Kier molecular flexibility index (Phi) is 4.18. The summed E-state index contributed by atoms with van der Waals surface area (Å²) in [6, 6.07) is 1.79. The summed E-state index contributed by atoms with van der Waals surface area (Å²) in [4.78, 5) is 3.92. The zero-order valence-corrected chi connectivity index (χ0v) is 8.94. The van der Waals surface area contributed by atoms with Gasteiger partial charge in [-0.1, -0.05) is 5.16 Å². The van der Waals surface area contributed by atoms with Crippen molar-refractivity contribution >= 4 is 21.8 Å². The predicted octanol–water partition coefficient (Wildman–Crippen LogP) is 1.36. The predicted molar refractivity (Wildman–Crippen MR) is 55.5 cm³/mol. The average molecular weight is 260 g/mol. The van der Waals surface area contributed by atoms with Crippen LogP contribution in [0.25, 0.3) is 0 Å². The molecular weight excluding hydrogens is 250 g/mol. The van der Waals surface area contributed by atoms with Crippen LogP contribution in [-0.2, 0) is 0 Å². The van der Waals surface area contributed by atoms with Crippen molar-refractivity contribution in [2.24, 2.45) is 10.9 Å². The number of aromatic nitrogens is 1. The molecule has 0 aromatic carbocycles. The maximum absolute atomic E-state index is 8.26. The van der Waals surface area contributed by atoms with E-state index in [9.17, 15) is 0 Å². The van der Waals surface area contributed by atoms with Gasteiger partial charge < -0.3 is 15.7 Å². The number of pyridine rings is 1. The third-order valence-electron chi connectivity index (χ3n) is 1.44. The highest BCUT2D eigenvalue weighted by atomic mass is 79.9. The van der Waals surface area contributed by atoms with Crippen LogP contribution in [-0.4, -0.2) is 22.6 Å². The van der Waals surface area contributed by atoms with E-state index in [4.69, 9.17) is 15.7 Å². The molecule has 1 heterocycles. The normalized spacial score (nSPS) is 11.4. The van der Waals surface area contributed by atoms with Gasteiger partial charge in [0.15, 0.2) is 0 Å². The van der Waals surface area contributed by atoms with E-state index < -0.39 is 0 Å². The second kappa shape index (κ2) is 5.43. The molecule has 0 atom stereocenters. The zero-order chi connectivity index (χ0) is 10.4. The summed E-state index contributed by atoms with van der Waals surface area (Å²) in [5, 5.41) is 11.1. The van der Waals surface area contributed by atoms with Crippen LogP contribution in [0.15, 0.2) is 28.1 Å². The number of hydrogen-bond acceptors (Lipinski definition) is 4. The van der Waals surface area contributed by atoms with Crippen molar-refractivity contribution < 1.29 is 9.94 Å². The Balaban J connectivity index is 2.39. The summed E-state index contributed by atoms with van der Waals surface area (Å²) in [5.41, 5.74) is 5.26. The van der Waals surface area contributed by atoms with Crippen LogP contribution in [0.4, 0.5) is 0 Å². The molecule has 1 aromatic rings. The van der Waals surface area contributed by atoms with Gasteiger partial charge in [0.05, 0.1) is 12.8 Å². The lowest BCUT2D eigenvalue weighted by molar-refractivity contribution is 0.305. The largest absolute Gasteiger partial charge is 0.491 e. The second-order valence-corrected chi connectivity index (χ2v) is 3.44. The van der Waals surface area contributed by atoms with E-state index in [1.165, 1.54) is 0 Å². The van der Waals surface area contributed by atoms with Crippen molar-refractivity contribution in [3.8, 4) is 5.75 Å². The van der Waals surface area contributed by atoms with Crippen molar-refractivity contribution in [3.63, 3.8) is 0 Å². The van der Waals surface area contributed by atoms with Gasteiger partial charge in [-0.05, 0) is 22.0 Å². The fourth-order valence-electron chi connectivity index (χ4n) is 0.795. The lowest BCUT2D eigenvalue weighted by atomic mass is 10.4. The standard InChI is InChI=1S/C8H10BrN3O2/c9-6-3-7(5-11-4-6)14-2-1-8(10)12-13/h3-5,13H,1-2H2,(H2,10,12). The molecule has 0 radical (unpaired) electrons. The van der Waals surface area contributed by atoms with E-state index in [0.29, 0.717) is 18.8 Å². The molecule has 0 amide bonds. The van der Waals surface area contributed by atoms with Crippen molar-refractivity contribution in [2.75, 3.05) is 6.61 Å². The Hall–Kier alpha value is -1.30. The molecule has 0 aliphatic carbocycles. The molecule has 0 spiro atoms. The first-order chi connectivity index (χ1) is 6.72. The average Bonchev–Trinajstić information content (AvgIpc) is 2.17. The van der Waals surface area contributed by atoms with Crippen LogP contribution in [0.2, 0.25) is 0 Å². The van der Waals surface area contributed by atoms with Crippen molar-refractivity contribution in [1.82, 2.24) is 4.98 Å². The maximum atomic E-state index is 8.26. The van der Waals surface area contributed by atoms with Crippen LogP contribution < -0.4 is 10.5 Å². The molecule has 1 rings (SSSR count). The first-order valence-corrected chi connectivity index (χ1v) is 4.71. The van der Waals surface area contributed by atoms with Crippen LogP contribution in [0.1, 0.15) is 6.42 Å². The number of halogens is 1. The summed E-state index contributed by atoms with van der Waals surface area (Å²) in [6.07, 6.45) is 3.64. The van der Waals surface area contributed by atoms with Gasteiger partial charge in [-0.3, -0.25) is 4.98 Å². The lowest BCUT2D eigenvalue weighted by Crippen LogP contribution is -2.15. The third kappa shape index (κ3) is 3.61. The summed E-state index contributed by atoms with van der Waals surface area (Å²) in [7, 11) is 0. The molecule has 0 saturated heterocycles. The topological polar surface area (TPSA) is 80.7 Å². The summed E-state index contributed by atoms with van der Waals surface area (Å²) in [5.74, 6) is 0.790. The Labute approximate surface area is 89.7 Å². The van der Waals surface area contributed by atoms with Crippen LogP contribution in [0, 0.1) is 0 Å². The molecule has 14 heavy (non-hydrogen) atoms. The Morgan fingerprint density at radius 2 is 2.43 bits per heavy atom. The van der Waals surface area contributed by atoms with E-state index >= 15 is 0 Å². The highest BCUT2D eigenvalue weighted by Crippen LogP contribution is 2.15. The van der Waals surface area contributed by atoms with Crippen LogP contribution in [0.3, 0.4) is 0 Å². The number of hydrogen-bond donors (Lipinski definition) is 2. The molecule has 76 valence electrons. The molecule has 0 unspecified atom stereocenters. The SMILES string of the molecule is NC(CCOc1cncc(Br)c1)=NO. The molecule has 0 aliphatic rings. The Morgan fingerprint density at radius 1 is 1.64 bits per heavy atom. The quantitative estimate of drug-likeness (QED) is 0.370. The molecule has 0 aliphatic heterocycles. The minimum atomic E-state index is 0.146. The Morgan fingerprint density at radius 3 is 3.07 bits per heavy atom. The molecule has 0 saturated carbocycles. The number of oxime groups is 1. The molecule has 3 N–H and O–H groups in total. The summed E-state index contributed by atoms with van der Waals surface area (Å²) < 4.78 is 6.14. The molecule has 6 heteroatoms. The fourth-order valence-corrected chi connectivity index (χ4v) is 1.14. The third-order valence-corrected chi connectivity index (χ3v) is 1.87. The smallest absolute Gasteiger partial charge is 0.142 e. The molecular formula is C8H10BrN3O2. The monoisotopic (exact) mass is 259 g/mol. The highest BCUT2D eigenvalue weighted by molar-refractivity contribution is 9.10. The van der Waals surface area contributed by atoms with Gasteiger partial charge in [0, 0.05) is 17.1 Å². The first kappa shape index (κ1) is 10.8. The maximum Gasteiger partial charge on any atom is 0.142 e. The summed E-state index contributed by atoms with van der Waals surface area (Å²) in [6.45, 7) is 0.355. The van der Waals surface area contributed by atoms with Gasteiger partial charge in [0.25, 0.3) is 0 Å². The van der Waals surface area contributed by atoms with Crippen molar-refractivity contribution in [1.29, 1.82) is 0 Å². The number of nitrogens with zero attached hydrogens (tertiary/aromatic N) is 2. The van der Waals surface area contributed by atoms with E-state index in [1.807, 2.05) is 0 Å². The van der Waals surface area contributed by atoms with Gasteiger partial charge in [-0.2, -0.15) is 0 Å². The molecule has 0 bridgehead atoms. The van der Waals surface area contributed by atoms with E-state index in [2.05, 4.69) is 26.1 Å². The Bertz CT molecular complexity index is 330. The van der Waals surface area contributed by atoms with E-state index in [1.54, 1.807) is 18.5 Å². The van der Waals surface area contributed by atoms with Gasteiger partial charge in [0.2, 0.25) is 0 Å². The number of ether oxygens (including phenoxy) is 1. The minimum absolute atomic E-state index is 0.146. The van der Waals surface area contributed by atoms with Crippen LogP contribution in [0.5, 0.6) is 5.75 Å². The second-order valence-electron chi connectivity index (χ2n) is 2.53. The fraction of sp³-hybridized carbons (Fsp3) is 0.250. The molecule has 0 fully saturated rings. The van der Waals surface area contributed by atoms with Gasteiger partial charge >= 0.3 is 0 Å².